The van der Waals surface area contributed by atoms with Crippen LogP contribution in [0.1, 0.15) is 66.4 Å². The summed E-state index contributed by atoms with van der Waals surface area (Å²) in [5.74, 6) is 1.75. The van der Waals surface area contributed by atoms with E-state index in [9.17, 15) is 9.59 Å². The Hall–Kier alpha value is -3.03. The first-order valence-corrected chi connectivity index (χ1v) is 12.0. The molecule has 34 heavy (non-hydrogen) atoms. The van der Waals surface area contributed by atoms with E-state index in [0.717, 1.165) is 36.1 Å². The molecule has 2 aliphatic heterocycles. The maximum Gasteiger partial charge on any atom is 0.309 e. The molecule has 8 nitrogen and oxygen atoms in total. The van der Waals surface area contributed by atoms with Crippen LogP contribution in [0.25, 0.3) is 5.57 Å². The molecular weight excluding hydrogens is 434 g/mol. The number of amides is 1. The van der Waals surface area contributed by atoms with E-state index < -0.39 is 11.6 Å². The van der Waals surface area contributed by atoms with E-state index in [1.54, 1.807) is 0 Å². The van der Waals surface area contributed by atoms with E-state index in [-0.39, 0.29) is 36.4 Å². The molecule has 0 saturated heterocycles. The topological polar surface area (TPSA) is 89.5 Å². The Bertz CT molecular complexity index is 1040. The fourth-order valence-electron chi connectivity index (χ4n) is 4.84. The Morgan fingerprint density at radius 3 is 2.65 bits per heavy atom. The molecule has 1 amide bonds. The van der Waals surface area contributed by atoms with E-state index >= 15 is 0 Å². The number of hydrazone groups is 1. The Labute approximate surface area is 201 Å². The van der Waals surface area contributed by atoms with Crippen molar-refractivity contribution in [3.8, 4) is 11.5 Å². The lowest BCUT2D eigenvalue weighted by atomic mass is 9.79. The summed E-state index contributed by atoms with van der Waals surface area (Å²) in [5, 5.41) is 4.16. The molecule has 0 spiro atoms. The number of anilines is 1. The van der Waals surface area contributed by atoms with Gasteiger partial charge in [0.05, 0.1) is 17.7 Å². The molecule has 0 bridgehead atoms. The molecule has 1 fully saturated rings. The zero-order chi connectivity index (χ0) is 24.8. The van der Waals surface area contributed by atoms with Gasteiger partial charge in [0.15, 0.2) is 5.84 Å². The molecule has 1 saturated carbocycles. The lowest BCUT2D eigenvalue weighted by Crippen LogP contribution is -2.55. The van der Waals surface area contributed by atoms with Crippen LogP contribution >= 0.6 is 0 Å². The third-order valence-corrected chi connectivity index (χ3v) is 6.60. The van der Waals surface area contributed by atoms with Crippen molar-refractivity contribution in [2.24, 2.45) is 16.9 Å². The summed E-state index contributed by atoms with van der Waals surface area (Å²) in [6, 6.07) is 3.44. The molecule has 3 aliphatic rings. The second-order valence-electron chi connectivity index (χ2n) is 10.6. The van der Waals surface area contributed by atoms with Crippen LogP contribution in [0.15, 0.2) is 23.8 Å². The molecule has 0 radical (unpaired) electrons. The SMILES string of the molecule is C=C(C)c1cc2c(cc1OC1CCC(C(=O)OC(C)(C)C)C(C)C1)N1C(=NNC(=O)C1C)CO2. The highest BCUT2D eigenvalue weighted by atomic mass is 16.6. The van der Waals surface area contributed by atoms with Crippen LogP contribution in [-0.2, 0) is 14.3 Å². The van der Waals surface area contributed by atoms with E-state index in [4.69, 9.17) is 14.2 Å². The summed E-state index contributed by atoms with van der Waals surface area (Å²) in [6.07, 6.45) is 2.19. The van der Waals surface area contributed by atoms with Gasteiger partial charge in [-0.3, -0.25) is 9.59 Å². The lowest BCUT2D eigenvalue weighted by molar-refractivity contribution is -0.163. The van der Waals surface area contributed by atoms with E-state index in [1.165, 1.54) is 0 Å². The van der Waals surface area contributed by atoms with Crippen molar-refractivity contribution in [2.75, 3.05) is 11.5 Å². The minimum absolute atomic E-state index is 0.0374. The van der Waals surface area contributed by atoms with Gasteiger partial charge < -0.3 is 19.1 Å². The van der Waals surface area contributed by atoms with Crippen LogP contribution in [0.5, 0.6) is 11.5 Å². The van der Waals surface area contributed by atoms with Gasteiger partial charge in [0.2, 0.25) is 0 Å². The van der Waals surface area contributed by atoms with Crippen LogP contribution < -0.4 is 19.8 Å². The van der Waals surface area contributed by atoms with Crippen molar-refractivity contribution in [3.05, 3.63) is 24.3 Å². The van der Waals surface area contributed by atoms with Crippen molar-refractivity contribution < 1.29 is 23.8 Å². The lowest BCUT2D eigenvalue weighted by Gasteiger charge is -2.39. The molecule has 1 aromatic carbocycles. The summed E-state index contributed by atoms with van der Waals surface area (Å²) in [7, 11) is 0. The van der Waals surface area contributed by atoms with Crippen molar-refractivity contribution in [1.82, 2.24) is 5.43 Å². The fraction of sp³-hybridized carbons (Fsp3) is 0.577. The Morgan fingerprint density at radius 2 is 2.00 bits per heavy atom. The highest BCUT2D eigenvalue weighted by Gasteiger charge is 2.38. The first-order valence-electron chi connectivity index (χ1n) is 12.0. The van der Waals surface area contributed by atoms with Gasteiger partial charge in [0.25, 0.3) is 5.91 Å². The number of fused-ring (bicyclic) bond motifs is 3. The molecular formula is C26H35N3O5. The van der Waals surface area contributed by atoms with Crippen LogP contribution in [-0.4, -0.2) is 42.1 Å². The maximum absolute atomic E-state index is 12.6. The number of hydrogen-bond donors (Lipinski definition) is 1. The minimum Gasteiger partial charge on any atom is -0.490 e. The molecule has 2 heterocycles. The van der Waals surface area contributed by atoms with Gasteiger partial charge in [-0.05, 0) is 71.4 Å². The van der Waals surface area contributed by atoms with Gasteiger partial charge in [0.1, 0.15) is 29.7 Å². The van der Waals surface area contributed by atoms with Gasteiger partial charge in [-0.25, -0.2) is 5.43 Å². The van der Waals surface area contributed by atoms with Crippen LogP contribution in [0, 0.1) is 11.8 Å². The largest absolute Gasteiger partial charge is 0.490 e. The van der Waals surface area contributed by atoms with Gasteiger partial charge in [-0.1, -0.05) is 13.5 Å². The molecule has 4 unspecified atom stereocenters. The minimum atomic E-state index is -0.490. The van der Waals surface area contributed by atoms with Gasteiger partial charge in [0, 0.05) is 11.6 Å². The number of rotatable bonds is 4. The number of amidine groups is 1. The first kappa shape index (κ1) is 24.1. The Kier molecular flexibility index (Phi) is 6.36. The zero-order valence-electron chi connectivity index (χ0n) is 20.9. The highest BCUT2D eigenvalue weighted by molar-refractivity contribution is 6.09. The predicted octanol–water partition coefficient (Wildman–Crippen LogP) is 4.28. The summed E-state index contributed by atoms with van der Waals surface area (Å²) in [6.45, 7) is 15.9. The number of nitrogens with zero attached hydrogens (tertiary/aromatic N) is 2. The van der Waals surface area contributed by atoms with E-state index in [2.05, 4.69) is 24.0 Å². The van der Waals surface area contributed by atoms with Crippen molar-refractivity contribution in [3.63, 3.8) is 0 Å². The summed E-state index contributed by atoms with van der Waals surface area (Å²) in [4.78, 5) is 26.8. The second-order valence-corrected chi connectivity index (χ2v) is 10.6. The number of nitrogens with one attached hydrogen (secondary N) is 1. The average Bonchev–Trinajstić information content (AvgIpc) is 2.74. The maximum atomic E-state index is 12.6. The van der Waals surface area contributed by atoms with Crippen molar-refractivity contribution in [2.45, 2.75) is 78.6 Å². The average molecular weight is 470 g/mol. The Morgan fingerprint density at radius 1 is 1.26 bits per heavy atom. The smallest absolute Gasteiger partial charge is 0.309 e. The summed E-state index contributed by atoms with van der Waals surface area (Å²) < 4.78 is 18.1. The summed E-state index contributed by atoms with van der Waals surface area (Å²) in [5.41, 5.74) is 4.54. The van der Waals surface area contributed by atoms with E-state index in [1.807, 2.05) is 51.7 Å². The number of ether oxygens (including phenoxy) is 3. The predicted molar refractivity (Wildman–Crippen MR) is 131 cm³/mol. The standard InChI is InChI=1S/C26H35N3O5/c1-14(2)19-11-22-20(29-16(4)24(30)28-27-23(29)13-32-22)12-21(19)33-17-8-9-18(15(3)10-17)25(31)34-26(5,6)7/h11-12,15-18H,1,8-10,13H2,2-7H3,(H,28,30). The van der Waals surface area contributed by atoms with Crippen LogP contribution in [0.4, 0.5) is 5.69 Å². The van der Waals surface area contributed by atoms with Crippen LogP contribution in [0.3, 0.4) is 0 Å². The van der Waals surface area contributed by atoms with Crippen molar-refractivity contribution >= 4 is 29.0 Å². The molecule has 1 aliphatic carbocycles. The number of carbonyl (C=O) groups is 2. The zero-order valence-corrected chi connectivity index (χ0v) is 20.9. The van der Waals surface area contributed by atoms with Crippen LogP contribution in [0.2, 0.25) is 0 Å². The van der Waals surface area contributed by atoms with Gasteiger partial charge >= 0.3 is 5.97 Å². The first-order chi connectivity index (χ1) is 15.9. The third-order valence-electron chi connectivity index (χ3n) is 6.60. The molecule has 4 rings (SSSR count). The van der Waals surface area contributed by atoms with Gasteiger partial charge in [-0.15, -0.1) is 0 Å². The molecule has 8 heteroatoms. The number of hydrogen-bond acceptors (Lipinski definition) is 7. The van der Waals surface area contributed by atoms with E-state index in [0.29, 0.717) is 17.3 Å². The number of benzene rings is 1. The Balaban J connectivity index is 1.56. The van der Waals surface area contributed by atoms with Crippen molar-refractivity contribution in [1.29, 1.82) is 0 Å². The number of esters is 1. The quantitative estimate of drug-likeness (QED) is 0.663. The molecule has 184 valence electrons. The monoisotopic (exact) mass is 469 g/mol. The summed E-state index contributed by atoms with van der Waals surface area (Å²) >= 11 is 0. The highest BCUT2D eigenvalue weighted by Crippen LogP contribution is 2.43. The molecule has 4 atom stereocenters. The number of carbonyl (C=O) groups excluding carboxylic acids is 2. The normalized spacial score (nSPS) is 26.4. The molecule has 1 aromatic rings. The second kappa shape index (κ2) is 8.96. The fourth-order valence-corrected chi connectivity index (χ4v) is 4.84. The molecule has 1 N–H and O–H groups in total. The third kappa shape index (κ3) is 4.76. The van der Waals surface area contributed by atoms with Gasteiger partial charge in [-0.2, -0.15) is 5.10 Å². The number of allylic oxidation sites excluding steroid dienone is 1. The molecule has 0 aromatic heterocycles.